The number of hydrogen-bond acceptors (Lipinski definition) is 4. The molecule has 1 fully saturated rings. The molecule has 1 saturated heterocycles. The maximum Gasteiger partial charge on any atom is 0.211 e. The molecule has 0 radical (unpaired) electrons. The number of ether oxygens (including phenoxy) is 2. The Bertz CT molecular complexity index is 260. The van der Waals surface area contributed by atoms with Crippen LogP contribution >= 0.6 is 22.9 Å². The van der Waals surface area contributed by atoms with E-state index in [4.69, 9.17) is 21.1 Å². The Balaban J connectivity index is 2.11. The topological polar surface area (TPSA) is 31.4 Å². The van der Waals surface area contributed by atoms with Gasteiger partial charge in [0.2, 0.25) is 6.29 Å². The SMILES string of the molecule is ClCc1csc(C2OCCO2)n1. The molecule has 1 aromatic heterocycles. The zero-order chi connectivity index (χ0) is 8.39. The Hall–Kier alpha value is -0.160. The maximum absolute atomic E-state index is 5.61. The first-order chi connectivity index (χ1) is 5.90. The number of nitrogens with zero attached hydrogens (tertiary/aromatic N) is 1. The fraction of sp³-hybridized carbons (Fsp3) is 0.571. The zero-order valence-corrected chi connectivity index (χ0v) is 7.90. The van der Waals surface area contributed by atoms with Crippen molar-refractivity contribution in [2.24, 2.45) is 0 Å². The van der Waals surface area contributed by atoms with Crippen LogP contribution in [0.1, 0.15) is 17.0 Å². The predicted octanol–water partition coefficient (Wildman–Crippen LogP) is 1.93. The van der Waals surface area contributed by atoms with Crippen molar-refractivity contribution < 1.29 is 9.47 Å². The van der Waals surface area contributed by atoms with Crippen LogP contribution in [-0.4, -0.2) is 18.2 Å². The average Bonchev–Trinajstić information content (AvgIpc) is 2.75. The summed E-state index contributed by atoms with van der Waals surface area (Å²) >= 11 is 7.14. The van der Waals surface area contributed by atoms with Crippen LogP contribution in [0.25, 0.3) is 0 Å². The van der Waals surface area contributed by atoms with Crippen LogP contribution in [0.4, 0.5) is 0 Å². The number of hydrogen-bond donors (Lipinski definition) is 0. The standard InChI is InChI=1S/C7H8ClNO2S/c8-3-5-4-12-6(9-5)7-10-1-2-11-7/h4,7H,1-3H2. The summed E-state index contributed by atoms with van der Waals surface area (Å²) in [6.07, 6.45) is -0.257. The summed E-state index contributed by atoms with van der Waals surface area (Å²) < 4.78 is 10.6. The molecule has 0 N–H and O–H groups in total. The lowest BCUT2D eigenvalue weighted by atomic mass is 10.5. The summed E-state index contributed by atoms with van der Waals surface area (Å²) in [4.78, 5) is 4.25. The molecule has 12 heavy (non-hydrogen) atoms. The van der Waals surface area contributed by atoms with Crippen molar-refractivity contribution in [2.75, 3.05) is 13.2 Å². The van der Waals surface area contributed by atoms with E-state index in [2.05, 4.69) is 4.98 Å². The van der Waals surface area contributed by atoms with Crippen molar-refractivity contribution in [3.8, 4) is 0 Å². The predicted molar refractivity (Wildman–Crippen MR) is 46.3 cm³/mol. The molecule has 1 aliphatic rings. The second kappa shape index (κ2) is 3.70. The summed E-state index contributed by atoms with van der Waals surface area (Å²) in [6.45, 7) is 1.31. The molecule has 0 unspecified atom stereocenters. The van der Waals surface area contributed by atoms with Crippen molar-refractivity contribution >= 4 is 22.9 Å². The van der Waals surface area contributed by atoms with Gasteiger partial charge in [-0.25, -0.2) is 4.98 Å². The van der Waals surface area contributed by atoms with Crippen molar-refractivity contribution in [3.05, 3.63) is 16.1 Å². The Kier molecular flexibility index (Phi) is 2.60. The van der Waals surface area contributed by atoms with E-state index in [0.717, 1.165) is 10.7 Å². The number of rotatable bonds is 2. The summed E-state index contributed by atoms with van der Waals surface area (Å²) in [5.41, 5.74) is 0.885. The quantitative estimate of drug-likeness (QED) is 0.692. The van der Waals surface area contributed by atoms with Crippen LogP contribution < -0.4 is 0 Å². The number of alkyl halides is 1. The van der Waals surface area contributed by atoms with E-state index in [1.165, 1.54) is 11.3 Å². The van der Waals surface area contributed by atoms with E-state index in [1.807, 2.05) is 5.38 Å². The minimum Gasteiger partial charge on any atom is -0.344 e. The van der Waals surface area contributed by atoms with E-state index >= 15 is 0 Å². The van der Waals surface area contributed by atoms with Crippen LogP contribution in [0.15, 0.2) is 5.38 Å². The van der Waals surface area contributed by atoms with Gasteiger partial charge in [0.1, 0.15) is 5.01 Å². The third-order valence-electron chi connectivity index (χ3n) is 1.53. The Morgan fingerprint density at radius 2 is 2.33 bits per heavy atom. The molecule has 0 bridgehead atoms. The van der Waals surface area contributed by atoms with Crippen LogP contribution in [0, 0.1) is 0 Å². The van der Waals surface area contributed by atoms with Gasteiger partial charge in [0.15, 0.2) is 0 Å². The molecule has 0 spiro atoms. The zero-order valence-electron chi connectivity index (χ0n) is 6.33. The molecule has 66 valence electrons. The summed E-state index contributed by atoms with van der Waals surface area (Å²) in [6, 6.07) is 0. The minimum absolute atomic E-state index is 0.257. The number of thiazole rings is 1. The molecule has 1 aliphatic heterocycles. The van der Waals surface area contributed by atoms with Gasteiger partial charge in [-0.15, -0.1) is 22.9 Å². The van der Waals surface area contributed by atoms with Gasteiger partial charge in [-0.2, -0.15) is 0 Å². The Morgan fingerprint density at radius 3 is 2.92 bits per heavy atom. The van der Waals surface area contributed by atoms with E-state index < -0.39 is 0 Å². The highest BCUT2D eigenvalue weighted by Crippen LogP contribution is 2.26. The Morgan fingerprint density at radius 1 is 1.58 bits per heavy atom. The van der Waals surface area contributed by atoms with Gasteiger partial charge in [-0.05, 0) is 0 Å². The second-order valence-electron chi connectivity index (χ2n) is 2.38. The fourth-order valence-electron chi connectivity index (χ4n) is 0.993. The smallest absolute Gasteiger partial charge is 0.211 e. The lowest BCUT2D eigenvalue weighted by Crippen LogP contribution is -1.96. The molecular formula is C7H8ClNO2S. The van der Waals surface area contributed by atoms with Gasteiger partial charge < -0.3 is 9.47 Å². The molecule has 0 aliphatic carbocycles. The highest BCUT2D eigenvalue weighted by molar-refractivity contribution is 7.09. The van der Waals surface area contributed by atoms with E-state index in [-0.39, 0.29) is 6.29 Å². The first-order valence-electron chi connectivity index (χ1n) is 3.63. The number of halogens is 1. The highest BCUT2D eigenvalue weighted by Gasteiger charge is 2.21. The van der Waals surface area contributed by atoms with Gasteiger partial charge in [-0.3, -0.25) is 0 Å². The molecule has 1 aromatic rings. The van der Waals surface area contributed by atoms with Crippen molar-refractivity contribution in [1.29, 1.82) is 0 Å². The first kappa shape index (κ1) is 8.44. The van der Waals surface area contributed by atoms with Crippen molar-refractivity contribution in [3.63, 3.8) is 0 Å². The van der Waals surface area contributed by atoms with Crippen molar-refractivity contribution in [1.82, 2.24) is 4.98 Å². The molecule has 0 atom stereocenters. The highest BCUT2D eigenvalue weighted by atomic mass is 35.5. The second-order valence-corrected chi connectivity index (χ2v) is 3.54. The molecule has 0 aromatic carbocycles. The van der Waals surface area contributed by atoms with Gasteiger partial charge in [0, 0.05) is 5.38 Å². The van der Waals surface area contributed by atoms with E-state index in [9.17, 15) is 0 Å². The van der Waals surface area contributed by atoms with Crippen LogP contribution in [0.2, 0.25) is 0 Å². The molecular weight excluding hydrogens is 198 g/mol. The average molecular weight is 206 g/mol. The maximum atomic E-state index is 5.61. The fourth-order valence-corrected chi connectivity index (χ4v) is 2.03. The van der Waals surface area contributed by atoms with Crippen molar-refractivity contribution in [2.45, 2.75) is 12.2 Å². The third-order valence-corrected chi connectivity index (χ3v) is 2.72. The third kappa shape index (κ3) is 1.61. The van der Waals surface area contributed by atoms with Gasteiger partial charge in [-0.1, -0.05) is 0 Å². The molecule has 2 rings (SSSR count). The van der Waals surface area contributed by atoms with Gasteiger partial charge >= 0.3 is 0 Å². The summed E-state index contributed by atoms with van der Waals surface area (Å²) in [5.74, 6) is 0.448. The molecule has 3 nitrogen and oxygen atoms in total. The lowest BCUT2D eigenvalue weighted by Gasteiger charge is -2.02. The molecule has 5 heteroatoms. The van der Waals surface area contributed by atoms with Gasteiger partial charge in [0.25, 0.3) is 0 Å². The number of aromatic nitrogens is 1. The largest absolute Gasteiger partial charge is 0.344 e. The van der Waals surface area contributed by atoms with Gasteiger partial charge in [0.05, 0.1) is 24.8 Å². The Labute approximate surface area is 79.3 Å². The normalized spacial score (nSPS) is 18.8. The molecule has 2 heterocycles. The van der Waals surface area contributed by atoms with Crippen LogP contribution in [0.5, 0.6) is 0 Å². The van der Waals surface area contributed by atoms with E-state index in [0.29, 0.717) is 19.1 Å². The minimum atomic E-state index is -0.257. The summed E-state index contributed by atoms with van der Waals surface area (Å²) in [7, 11) is 0. The van der Waals surface area contributed by atoms with Crippen LogP contribution in [-0.2, 0) is 15.4 Å². The first-order valence-corrected chi connectivity index (χ1v) is 5.05. The molecule has 0 amide bonds. The summed E-state index contributed by atoms with van der Waals surface area (Å²) in [5, 5.41) is 2.79. The van der Waals surface area contributed by atoms with Crippen LogP contribution in [0.3, 0.4) is 0 Å². The monoisotopic (exact) mass is 205 g/mol. The molecule has 0 saturated carbocycles. The van der Waals surface area contributed by atoms with E-state index in [1.54, 1.807) is 0 Å². The lowest BCUT2D eigenvalue weighted by molar-refractivity contribution is -0.0442.